The Kier molecular flexibility index (Phi) is 7.25. The standard InChI is InChI=1S/C19H21N5OS/c1-15-5-6-17(13-16(15)2)24-12-9-22-19(24)26-14-18(25)23(10-3-7-20)11-4-8-21/h5-6,9,12-13H,3-4,10-11,14H2,1-2H3. The van der Waals surface area contributed by atoms with Crippen molar-refractivity contribution in [3.05, 3.63) is 41.7 Å². The number of aryl methyl sites for hydroxylation is 2. The van der Waals surface area contributed by atoms with Crippen molar-refractivity contribution in [1.82, 2.24) is 14.5 Å². The minimum absolute atomic E-state index is 0.0878. The summed E-state index contributed by atoms with van der Waals surface area (Å²) in [5, 5.41) is 18.2. The Labute approximate surface area is 158 Å². The fourth-order valence-corrected chi connectivity index (χ4v) is 3.29. The maximum atomic E-state index is 12.4. The Morgan fingerprint density at radius 2 is 1.88 bits per heavy atom. The highest BCUT2D eigenvalue weighted by Crippen LogP contribution is 2.22. The van der Waals surface area contributed by atoms with Crippen molar-refractivity contribution in [3.8, 4) is 17.8 Å². The molecule has 1 aromatic carbocycles. The zero-order chi connectivity index (χ0) is 18.9. The van der Waals surface area contributed by atoms with Crippen molar-refractivity contribution >= 4 is 17.7 Å². The highest BCUT2D eigenvalue weighted by molar-refractivity contribution is 7.99. The van der Waals surface area contributed by atoms with E-state index in [4.69, 9.17) is 10.5 Å². The van der Waals surface area contributed by atoms with Gasteiger partial charge in [-0.3, -0.25) is 9.36 Å². The second-order valence-corrected chi connectivity index (χ2v) is 6.78. The van der Waals surface area contributed by atoms with Crippen LogP contribution in [-0.2, 0) is 4.79 Å². The van der Waals surface area contributed by atoms with Crippen molar-refractivity contribution in [2.75, 3.05) is 18.8 Å². The van der Waals surface area contributed by atoms with Gasteiger partial charge in [-0.2, -0.15) is 10.5 Å². The number of carbonyl (C=O) groups excluding carboxylic acids is 1. The van der Waals surface area contributed by atoms with Crippen LogP contribution in [0.2, 0.25) is 0 Å². The summed E-state index contributed by atoms with van der Waals surface area (Å²) in [7, 11) is 0. The largest absolute Gasteiger partial charge is 0.340 e. The van der Waals surface area contributed by atoms with E-state index < -0.39 is 0 Å². The fraction of sp³-hybridized carbons (Fsp3) is 0.368. The van der Waals surface area contributed by atoms with E-state index in [-0.39, 0.29) is 24.5 Å². The summed E-state index contributed by atoms with van der Waals surface area (Å²) < 4.78 is 1.96. The predicted molar refractivity (Wildman–Crippen MR) is 101 cm³/mol. The number of imidazole rings is 1. The minimum atomic E-state index is -0.0878. The molecule has 1 heterocycles. The first-order valence-electron chi connectivity index (χ1n) is 8.32. The lowest BCUT2D eigenvalue weighted by atomic mass is 10.1. The van der Waals surface area contributed by atoms with Gasteiger partial charge in [0, 0.05) is 31.2 Å². The molecule has 0 unspecified atom stereocenters. The number of aromatic nitrogens is 2. The lowest BCUT2D eigenvalue weighted by Crippen LogP contribution is -2.34. The van der Waals surface area contributed by atoms with Gasteiger partial charge in [-0.05, 0) is 37.1 Å². The Balaban J connectivity index is 2.06. The maximum Gasteiger partial charge on any atom is 0.233 e. The summed E-state index contributed by atoms with van der Waals surface area (Å²) in [6.07, 6.45) is 4.11. The Bertz CT molecular complexity index is 828. The first kappa shape index (κ1) is 19.6. The molecule has 0 radical (unpaired) electrons. The third kappa shape index (κ3) is 5.11. The fourth-order valence-electron chi connectivity index (χ4n) is 2.42. The second-order valence-electron chi connectivity index (χ2n) is 5.83. The molecule has 0 saturated carbocycles. The monoisotopic (exact) mass is 367 g/mol. The summed E-state index contributed by atoms with van der Waals surface area (Å²) in [4.78, 5) is 18.4. The van der Waals surface area contributed by atoms with Gasteiger partial charge in [0.15, 0.2) is 5.16 Å². The third-order valence-electron chi connectivity index (χ3n) is 4.04. The molecule has 2 rings (SSSR count). The number of hydrogen-bond acceptors (Lipinski definition) is 5. The lowest BCUT2D eigenvalue weighted by Gasteiger charge is -2.20. The van der Waals surface area contributed by atoms with Crippen LogP contribution < -0.4 is 0 Å². The Morgan fingerprint density at radius 1 is 1.19 bits per heavy atom. The first-order chi connectivity index (χ1) is 12.6. The lowest BCUT2D eigenvalue weighted by molar-refractivity contribution is -0.128. The molecule has 26 heavy (non-hydrogen) atoms. The zero-order valence-corrected chi connectivity index (χ0v) is 15.8. The normalized spacial score (nSPS) is 10.2. The molecule has 1 aromatic heterocycles. The van der Waals surface area contributed by atoms with E-state index in [0.717, 1.165) is 10.8 Å². The quantitative estimate of drug-likeness (QED) is 0.669. The third-order valence-corrected chi connectivity index (χ3v) is 4.99. The summed E-state index contributed by atoms with van der Waals surface area (Å²) in [6.45, 7) is 4.83. The first-order valence-corrected chi connectivity index (χ1v) is 9.31. The van der Waals surface area contributed by atoms with Crippen LogP contribution in [0.25, 0.3) is 5.69 Å². The van der Waals surface area contributed by atoms with E-state index in [1.54, 1.807) is 11.1 Å². The SMILES string of the molecule is Cc1ccc(-n2ccnc2SCC(=O)N(CCC#N)CCC#N)cc1C. The molecular formula is C19H21N5OS. The maximum absolute atomic E-state index is 12.4. The van der Waals surface area contributed by atoms with Gasteiger partial charge < -0.3 is 4.90 Å². The molecular weight excluding hydrogens is 346 g/mol. The van der Waals surface area contributed by atoms with Crippen molar-refractivity contribution < 1.29 is 4.79 Å². The number of nitriles is 2. The number of carbonyl (C=O) groups is 1. The highest BCUT2D eigenvalue weighted by atomic mass is 32.2. The molecule has 0 fully saturated rings. The van der Waals surface area contributed by atoms with Crippen molar-refractivity contribution in [2.24, 2.45) is 0 Å². The highest BCUT2D eigenvalue weighted by Gasteiger charge is 2.15. The van der Waals surface area contributed by atoms with E-state index in [1.165, 1.54) is 22.9 Å². The van der Waals surface area contributed by atoms with Gasteiger partial charge >= 0.3 is 0 Å². The second kappa shape index (κ2) is 9.65. The number of nitrogens with zero attached hydrogens (tertiary/aromatic N) is 5. The van der Waals surface area contributed by atoms with Crippen molar-refractivity contribution in [1.29, 1.82) is 10.5 Å². The van der Waals surface area contributed by atoms with Gasteiger partial charge in [-0.25, -0.2) is 4.98 Å². The van der Waals surface area contributed by atoms with E-state index in [9.17, 15) is 4.79 Å². The van der Waals surface area contributed by atoms with Gasteiger partial charge in [0.2, 0.25) is 5.91 Å². The summed E-state index contributed by atoms with van der Waals surface area (Å²) in [5.41, 5.74) is 3.43. The van der Waals surface area contributed by atoms with Gasteiger partial charge in [-0.1, -0.05) is 17.8 Å². The molecule has 0 saturated heterocycles. The summed E-state index contributed by atoms with van der Waals surface area (Å²) in [5.74, 6) is 0.133. The number of thioether (sulfide) groups is 1. The predicted octanol–water partition coefficient (Wildman–Crippen LogP) is 3.24. The van der Waals surface area contributed by atoms with Gasteiger partial charge in [-0.15, -0.1) is 0 Å². The minimum Gasteiger partial charge on any atom is -0.340 e. The number of rotatable bonds is 8. The molecule has 0 aliphatic heterocycles. The molecule has 0 N–H and O–H groups in total. The molecule has 0 atom stereocenters. The molecule has 0 spiro atoms. The number of benzene rings is 1. The summed E-state index contributed by atoms with van der Waals surface area (Å²) in [6, 6.07) is 10.3. The zero-order valence-electron chi connectivity index (χ0n) is 15.0. The molecule has 2 aromatic rings. The van der Waals surface area contributed by atoms with Crippen LogP contribution in [0.15, 0.2) is 35.7 Å². The molecule has 1 amide bonds. The smallest absolute Gasteiger partial charge is 0.233 e. The molecule has 0 bridgehead atoms. The van der Waals surface area contributed by atoms with E-state index in [1.807, 2.05) is 29.0 Å². The van der Waals surface area contributed by atoms with E-state index >= 15 is 0 Å². The van der Waals surface area contributed by atoms with Crippen LogP contribution in [0.3, 0.4) is 0 Å². The Hall–Kier alpha value is -2.77. The van der Waals surface area contributed by atoms with Crippen molar-refractivity contribution in [3.63, 3.8) is 0 Å². The molecule has 7 heteroatoms. The number of amides is 1. The van der Waals surface area contributed by atoms with E-state index in [0.29, 0.717) is 13.1 Å². The van der Waals surface area contributed by atoms with Crippen LogP contribution in [0.4, 0.5) is 0 Å². The molecule has 6 nitrogen and oxygen atoms in total. The number of hydrogen-bond donors (Lipinski definition) is 0. The van der Waals surface area contributed by atoms with Gasteiger partial charge in [0.25, 0.3) is 0 Å². The van der Waals surface area contributed by atoms with Crippen LogP contribution in [-0.4, -0.2) is 39.2 Å². The summed E-state index contributed by atoms with van der Waals surface area (Å²) >= 11 is 1.36. The molecule has 0 aliphatic carbocycles. The van der Waals surface area contributed by atoms with Crippen LogP contribution in [0.1, 0.15) is 24.0 Å². The topological polar surface area (TPSA) is 85.7 Å². The average molecular weight is 367 g/mol. The Morgan fingerprint density at radius 3 is 2.50 bits per heavy atom. The van der Waals surface area contributed by atoms with Gasteiger partial charge in [0.05, 0.1) is 30.7 Å². The molecule has 134 valence electrons. The van der Waals surface area contributed by atoms with Crippen LogP contribution in [0, 0.1) is 36.5 Å². The van der Waals surface area contributed by atoms with Gasteiger partial charge in [0.1, 0.15) is 0 Å². The molecule has 0 aliphatic rings. The average Bonchev–Trinajstić information content (AvgIpc) is 3.10. The van der Waals surface area contributed by atoms with Crippen molar-refractivity contribution in [2.45, 2.75) is 31.8 Å². The van der Waals surface area contributed by atoms with Crippen LogP contribution in [0.5, 0.6) is 0 Å². The van der Waals surface area contributed by atoms with E-state index in [2.05, 4.69) is 31.0 Å². The van der Waals surface area contributed by atoms with Crippen LogP contribution >= 0.6 is 11.8 Å².